The van der Waals surface area contributed by atoms with Crippen LogP contribution in [0.4, 0.5) is 5.69 Å². The van der Waals surface area contributed by atoms with E-state index < -0.39 is 6.04 Å². The molecule has 2 amide bonds. The summed E-state index contributed by atoms with van der Waals surface area (Å²) in [5.41, 5.74) is 2.01. The molecule has 3 aromatic rings. The maximum absolute atomic E-state index is 12.6. The number of halogens is 2. The van der Waals surface area contributed by atoms with Crippen molar-refractivity contribution in [2.45, 2.75) is 31.6 Å². The quantitative estimate of drug-likeness (QED) is 0.305. The molecule has 2 aromatic carbocycles. The molecule has 0 aliphatic rings. The highest BCUT2D eigenvalue weighted by molar-refractivity contribution is 7.99. The number of allylic oxidation sites excluding steroid dienone is 1. The van der Waals surface area contributed by atoms with Gasteiger partial charge in [-0.05, 0) is 44.2 Å². The number of hydrogen-bond donors (Lipinski definition) is 2. The Morgan fingerprint density at radius 3 is 2.73 bits per heavy atom. The lowest BCUT2D eigenvalue weighted by molar-refractivity contribution is -0.113. The predicted octanol–water partition coefficient (Wildman–Crippen LogP) is 5.30. The summed E-state index contributed by atoms with van der Waals surface area (Å²) in [4.78, 5) is 25.1. The molecular formula is C23H23Cl2N5O2S. The van der Waals surface area contributed by atoms with Crippen LogP contribution in [0, 0.1) is 6.92 Å². The van der Waals surface area contributed by atoms with Gasteiger partial charge in [0.2, 0.25) is 5.91 Å². The molecule has 33 heavy (non-hydrogen) atoms. The van der Waals surface area contributed by atoms with Crippen LogP contribution in [0.25, 0.3) is 0 Å². The van der Waals surface area contributed by atoms with Gasteiger partial charge in [-0.1, -0.05) is 58.7 Å². The zero-order valence-electron chi connectivity index (χ0n) is 18.1. The van der Waals surface area contributed by atoms with Gasteiger partial charge < -0.3 is 15.2 Å². The van der Waals surface area contributed by atoms with Crippen molar-refractivity contribution in [3.05, 3.63) is 82.1 Å². The van der Waals surface area contributed by atoms with E-state index in [9.17, 15) is 9.59 Å². The van der Waals surface area contributed by atoms with E-state index in [1.165, 1.54) is 11.8 Å². The van der Waals surface area contributed by atoms with Crippen molar-refractivity contribution < 1.29 is 9.59 Å². The van der Waals surface area contributed by atoms with Crippen LogP contribution in [0.3, 0.4) is 0 Å². The van der Waals surface area contributed by atoms with Gasteiger partial charge in [-0.3, -0.25) is 9.59 Å². The number of aromatic nitrogens is 3. The zero-order valence-corrected chi connectivity index (χ0v) is 20.5. The summed E-state index contributed by atoms with van der Waals surface area (Å²) in [6.07, 6.45) is 1.71. The molecule has 0 radical (unpaired) electrons. The van der Waals surface area contributed by atoms with Crippen LogP contribution in [0.15, 0.2) is 60.3 Å². The van der Waals surface area contributed by atoms with Crippen molar-refractivity contribution in [3.8, 4) is 0 Å². The number of carbonyl (C=O) groups is 2. The van der Waals surface area contributed by atoms with Gasteiger partial charge in [0, 0.05) is 17.1 Å². The Kier molecular flexibility index (Phi) is 8.55. The number of hydrogen-bond acceptors (Lipinski definition) is 5. The Hall–Kier alpha value is -2.81. The van der Waals surface area contributed by atoms with Crippen molar-refractivity contribution in [2.24, 2.45) is 0 Å². The summed E-state index contributed by atoms with van der Waals surface area (Å²) in [6.45, 7) is 7.98. The first-order chi connectivity index (χ1) is 15.8. The molecule has 172 valence electrons. The highest BCUT2D eigenvalue weighted by atomic mass is 35.5. The summed E-state index contributed by atoms with van der Waals surface area (Å²) < 4.78 is 1.82. The Morgan fingerprint density at radius 2 is 2.00 bits per heavy atom. The number of thioether (sulfide) groups is 1. The first kappa shape index (κ1) is 24.8. The third kappa shape index (κ3) is 6.60. The summed E-state index contributed by atoms with van der Waals surface area (Å²) in [6, 6.07) is 11.8. The molecule has 1 heterocycles. The molecule has 7 nitrogen and oxygen atoms in total. The van der Waals surface area contributed by atoms with Crippen molar-refractivity contribution in [1.29, 1.82) is 0 Å². The first-order valence-electron chi connectivity index (χ1n) is 10.1. The third-order valence-electron chi connectivity index (χ3n) is 4.61. The lowest BCUT2D eigenvalue weighted by Crippen LogP contribution is -2.29. The van der Waals surface area contributed by atoms with Crippen molar-refractivity contribution >= 4 is 52.5 Å². The Balaban J connectivity index is 1.68. The predicted molar refractivity (Wildman–Crippen MR) is 133 cm³/mol. The minimum absolute atomic E-state index is 0.0855. The number of aryl methyl sites for hydroxylation is 1. The molecule has 0 fully saturated rings. The zero-order chi connectivity index (χ0) is 24.0. The maximum atomic E-state index is 12.6. The van der Waals surface area contributed by atoms with E-state index in [1.807, 2.05) is 36.6 Å². The fourth-order valence-electron chi connectivity index (χ4n) is 3.07. The van der Waals surface area contributed by atoms with Gasteiger partial charge in [0.25, 0.3) is 5.91 Å². The van der Waals surface area contributed by atoms with Crippen LogP contribution in [-0.2, 0) is 11.3 Å². The molecule has 0 aliphatic heterocycles. The Labute approximate surface area is 206 Å². The largest absolute Gasteiger partial charge is 0.342 e. The first-order valence-corrected chi connectivity index (χ1v) is 11.8. The van der Waals surface area contributed by atoms with Crippen molar-refractivity contribution in [1.82, 2.24) is 20.1 Å². The molecule has 1 aromatic heterocycles. The van der Waals surface area contributed by atoms with Gasteiger partial charge >= 0.3 is 0 Å². The van der Waals surface area contributed by atoms with E-state index in [-0.39, 0.29) is 17.6 Å². The highest BCUT2D eigenvalue weighted by Gasteiger charge is 2.20. The Morgan fingerprint density at radius 1 is 1.21 bits per heavy atom. The Bertz CT molecular complexity index is 1180. The molecule has 10 heteroatoms. The lowest BCUT2D eigenvalue weighted by atomic mass is 10.1. The van der Waals surface area contributed by atoms with Gasteiger partial charge in [-0.25, -0.2) is 0 Å². The number of amides is 2. The number of rotatable bonds is 9. The number of nitrogens with zero attached hydrogens (tertiary/aromatic N) is 3. The molecular weight excluding hydrogens is 481 g/mol. The van der Waals surface area contributed by atoms with Gasteiger partial charge in [0.05, 0.1) is 22.5 Å². The molecule has 0 spiro atoms. The molecule has 3 rings (SSSR count). The number of benzene rings is 2. The van der Waals surface area contributed by atoms with Crippen LogP contribution in [0.1, 0.15) is 34.7 Å². The molecule has 2 N–H and O–H groups in total. The van der Waals surface area contributed by atoms with E-state index in [2.05, 4.69) is 27.4 Å². The van der Waals surface area contributed by atoms with Gasteiger partial charge in [0.15, 0.2) is 11.0 Å². The van der Waals surface area contributed by atoms with Gasteiger partial charge in [-0.2, -0.15) is 0 Å². The lowest BCUT2D eigenvalue weighted by Gasteiger charge is -2.15. The van der Waals surface area contributed by atoms with Crippen molar-refractivity contribution in [3.63, 3.8) is 0 Å². The average molecular weight is 504 g/mol. The van der Waals surface area contributed by atoms with Gasteiger partial charge in [-0.15, -0.1) is 16.8 Å². The fourth-order valence-corrected chi connectivity index (χ4v) is 4.16. The average Bonchev–Trinajstić information content (AvgIpc) is 3.18. The number of carbonyl (C=O) groups excluding carboxylic acids is 2. The topological polar surface area (TPSA) is 88.9 Å². The minimum atomic E-state index is -0.404. The van der Waals surface area contributed by atoms with E-state index >= 15 is 0 Å². The van der Waals surface area contributed by atoms with E-state index in [1.54, 1.807) is 30.3 Å². The molecule has 0 bridgehead atoms. The summed E-state index contributed by atoms with van der Waals surface area (Å²) in [5.74, 6) is 0.185. The summed E-state index contributed by atoms with van der Waals surface area (Å²) in [7, 11) is 0. The smallest absolute Gasteiger partial charge is 0.251 e. The molecule has 0 saturated heterocycles. The maximum Gasteiger partial charge on any atom is 0.251 e. The second-order valence-corrected chi connectivity index (χ2v) is 9.05. The molecule has 0 aliphatic carbocycles. The van der Waals surface area contributed by atoms with Crippen LogP contribution >= 0.6 is 35.0 Å². The number of nitrogens with one attached hydrogen (secondary N) is 2. The third-order valence-corrected chi connectivity index (χ3v) is 6.14. The van der Waals surface area contributed by atoms with E-state index in [0.29, 0.717) is 38.8 Å². The van der Waals surface area contributed by atoms with E-state index in [0.717, 1.165) is 5.56 Å². The van der Waals surface area contributed by atoms with Crippen LogP contribution < -0.4 is 10.6 Å². The fraction of sp³-hybridized carbons (Fsp3) is 0.217. The molecule has 0 saturated carbocycles. The second kappa shape index (κ2) is 11.4. The standard InChI is InChI=1S/C23H23Cl2N5O2S/c1-4-10-30-21(15(3)26-22(32)16-7-5-6-14(2)11-16)28-29-23(30)33-13-20(31)27-19-12-17(24)8-9-18(19)25/h4-9,11-12,15H,1,10,13H2,2-3H3,(H,26,32)(H,27,31)/t15-/m0/s1. The normalized spacial score (nSPS) is 11.6. The van der Waals surface area contributed by atoms with Crippen LogP contribution in [0.5, 0.6) is 0 Å². The molecule has 0 unspecified atom stereocenters. The SMILES string of the molecule is C=CCn1c(SCC(=O)Nc2cc(Cl)ccc2Cl)nnc1[C@H](C)NC(=O)c1cccc(C)c1. The number of anilines is 1. The van der Waals surface area contributed by atoms with Crippen LogP contribution in [0.2, 0.25) is 10.0 Å². The summed E-state index contributed by atoms with van der Waals surface area (Å²) in [5, 5.41) is 15.5. The van der Waals surface area contributed by atoms with Gasteiger partial charge in [0.1, 0.15) is 0 Å². The van der Waals surface area contributed by atoms with Crippen LogP contribution in [-0.4, -0.2) is 32.3 Å². The van der Waals surface area contributed by atoms with E-state index in [4.69, 9.17) is 23.2 Å². The summed E-state index contributed by atoms with van der Waals surface area (Å²) >= 11 is 13.3. The molecule has 1 atom stereocenters. The van der Waals surface area contributed by atoms with Crippen molar-refractivity contribution in [2.75, 3.05) is 11.1 Å². The minimum Gasteiger partial charge on any atom is -0.342 e. The second-order valence-electron chi connectivity index (χ2n) is 7.27. The highest BCUT2D eigenvalue weighted by Crippen LogP contribution is 2.26. The monoisotopic (exact) mass is 503 g/mol.